The molecule has 1 aromatic heterocycles. The van der Waals surface area contributed by atoms with Crippen molar-refractivity contribution >= 4 is 27.3 Å². The summed E-state index contributed by atoms with van der Waals surface area (Å²) in [6, 6.07) is 8.31. The zero-order chi connectivity index (χ0) is 12.3. The van der Waals surface area contributed by atoms with Crippen molar-refractivity contribution in [1.29, 1.82) is 0 Å². The molecular formula is C13H15BrN2S. The number of hydrogen-bond donors (Lipinski definition) is 1. The van der Waals surface area contributed by atoms with Crippen LogP contribution in [-0.2, 0) is 6.42 Å². The summed E-state index contributed by atoms with van der Waals surface area (Å²) in [6.45, 7) is 3.09. The number of nitrogens with one attached hydrogen (secondary N) is 1. The molecule has 0 radical (unpaired) electrons. The average Bonchev–Trinajstić information content (AvgIpc) is 2.69. The van der Waals surface area contributed by atoms with E-state index in [9.17, 15) is 0 Å². The maximum Gasteiger partial charge on any atom is 0.123 e. The van der Waals surface area contributed by atoms with Gasteiger partial charge in [-0.25, -0.2) is 4.98 Å². The SMILES string of the molecule is CNCCc1sc(-c2ccc(Br)cc2)nc1C. The number of likely N-dealkylation sites (N-methyl/N-ethyl adjacent to an activating group) is 1. The van der Waals surface area contributed by atoms with Crippen molar-refractivity contribution in [2.45, 2.75) is 13.3 Å². The molecule has 0 spiro atoms. The van der Waals surface area contributed by atoms with E-state index in [0.29, 0.717) is 0 Å². The largest absolute Gasteiger partial charge is 0.319 e. The first-order valence-corrected chi connectivity index (χ1v) is 7.18. The van der Waals surface area contributed by atoms with Gasteiger partial charge in [0.15, 0.2) is 0 Å². The molecule has 0 amide bonds. The quantitative estimate of drug-likeness (QED) is 0.932. The summed E-state index contributed by atoms with van der Waals surface area (Å²) >= 11 is 5.24. The highest BCUT2D eigenvalue weighted by Gasteiger charge is 2.08. The smallest absolute Gasteiger partial charge is 0.123 e. The van der Waals surface area contributed by atoms with Crippen LogP contribution in [0.1, 0.15) is 10.6 Å². The van der Waals surface area contributed by atoms with E-state index in [2.05, 4.69) is 57.4 Å². The molecule has 90 valence electrons. The van der Waals surface area contributed by atoms with Gasteiger partial charge in [0.2, 0.25) is 0 Å². The zero-order valence-electron chi connectivity index (χ0n) is 9.96. The van der Waals surface area contributed by atoms with E-state index in [1.807, 2.05) is 7.05 Å². The maximum absolute atomic E-state index is 4.64. The molecule has 2 nitrogen and oxygen atoms in total. The van der Waals surface area contributed by atoms with Gasteiger partial charge in [0, 0.05) is 14.9 Å². The van der Waals surface area contributed by atoms with E-state index in [-0.39, 0.29) is 0 Å². The fourth-order valence-electron chi connectivity index (χ4n) is 1.61. The Bertz CT molecular complexity index is 491. The van der Waals surface area contributed by atoms with Gasteiger partial charge in [0.25, 0.3) is 0 Å². The van der Waals surface area contributed by atoms with Crippen molar-refractivity contribution in [2.75, 3.05) is 13.6 Å². The first-order chi connectivity index (χ1) is 8.20. The second-order valence-electron chi connectivity index (χ2n) is 3.89. The molecule has 17 heavy (non-hydrogen) atoms. The number of nitrogens with zero attached hydrogens (tertiary/aromatic N) is 1. The van der Waals surface area contributed by atoms with Gasteiger partial charge in [-0.2, -0.15) is 0 Å². The molecule has 0 saturated carbocycles. The molecule has 0 aliphatic heterocycles. The minimum atomic E-state index is 1.00. The van der Waals surface area contributed by atoms with Crippen LogP contribution in [0.15, 0.2) is 28.7 Å². The van der Waals surface area contributed by atoms with Gasteiger partial charge in [-0.15, -0.1) is 11.3 Å². The first-order valence-electron chi connectivity index (χ1n) is 5.57. The molecule has 1 heterocycles. The molecule has 0 atom stereocenters. The Labute approximate surface area is 114 Å². The van der Waals surface area contributed by atoms with E-state index in [1.165, 1.54) is 10.4 Å². The lowest BCUT2D eigenvalue weighted by Crippen LogP contribution is -2.09. The molecule has 0 unspecified atom stereocenters. The van der Waals surface area contributed by atoms with Gasteiger partial charge in [-0.05, 0) is 39.1 Å². The lowest BCUT2D eigenvalue weighted by molar-refractivity contribution is 0.795. The topological polar surface area (TPSA) is 24.9 Å². The second-order valence-corrected chi connectivity index (χ2v) is 5.89. The van der Waals surface area contributed by atoms with Crippen LogP contribution in [0.25, 0.3) is 10.6 Å². The fourth-order valence-corrected chi connectivity index (χ4v) is 2.95. The third kappa shape index (κ3) is 3.15. The summed E-state index contributed by atoms with van der Waals surface area (Å²) in [6.07, 6.45) is 1.05. The summed E-state index contributed by atoms with van der Waals surface area (Å²) in [5, 5.41) is 4.28. The lowest BCUT2D eigenvalue weighted by Gasteiger charge is -1.96. The highest BCUT2D eigenvalue weighted by Crippen LogP contribution is 2.28. The summed E-state index contributed by atoms with van der Waals surface area (Å²) < 4.78 is 1.10. The van der Waals surface area contributed by atoms with Crippen molar-refractivity contribution in [3.63, 3.8) is 0 Å². The summed E-state index contributed by atoms with van der Waals surface area (Å²) in [4.78, 5) is 6.01. The first kappa shape index (κ1) is 12.7. The Kier molecular flexibility index (Phi) is 4.31. The van der Waals surface area contributed by atoms with Crippen LogP contribution in [0.3, 0.4) is 0 Å². The van der Waals surface area contributed by atoms with Crippen molar-refractivity contribution in [3.8, 4) is 10.6 Å². The molecule has 4 heteroatoms. The zero-order valence-corrected chi connectivity index (χ0v) is 12.4. The number of rotatable bonds is 4. The van der Waals surface area contributed by atoms with Crippen LogP contribution >= 0.6 is 27.3 Å². The molecule has 0 bridgehead atoms. The average molecular weight is 311 g/mol. The van der Waals surface area contributed by atoms with E-state index in [1.54, 1.807) is 11.3 Å². The van der Waals surface area contributed by atoms with Crippen LogP contribution in [0, 0.1) is 6.92 Å². The van der Waals surface area contributed by atoms with Crippen molar-refractivity contribution in [3.05, 3.63) is 39.3 Å². The van der Waals surface area contributed by atoms with E-state index in [4.69, 9.17) is 0 Å². The van der Waals surface area contributed by atoms with Gasteiger partial charge in [-0.3, -0.25) is 0 Å². The van der Waals surface area contributed by atoms with Crippen molar-refractivity contribution in [1.82, 2.24) is 10.3 Å². The third-order valence-corrected chi connectivity index (χ3v) is 4.38. The molecule has 2 aromatic rings. The Hall–Kier alpha value is -0.710. The number of thiazole rings is 1. The highest BCUT2D eigenvalue weighted by atomic mass is 79.9. The molecule has 2 rings (SSSR count). The molecule has 1 N–H and O–H groups in total. The van der Waals surface area contributed by atoms with E-state index >= 15 is 0 Å². The normalized spacial score (nSPS) is 10.8. The van der Waals surface area contributed by atoms with Crippen LogP contribution in [0.5, 0.6) is 0 Å². The number of halogens is 1. The second kappa shape index (κ2) is 5.76. The predicted molar refractivity (Wildman–Crippen MR) is 77.6 cm³/mol. The molecule has 1 aromatic carbocycles. The van der Waals surface area contributed by atoms with Gasteiger partial charge in [0.05, 0.1) is 5.69 Å². The summed E-state index contributed by atoms with van der Waals surface area (Å²) in [5.41, 5.74) is 2.35. The fraction of sp³-hybridized carbons (Fsp3) is 0.308. The summed E-state index contributed by atoms with van der Waals surface area (Å²) in [5.74, 6) is 0. The third-order valence-electron chi connectivity index (χ3n) is 2.59. The van der Waals surface area contributed by atoms with E-state index in [0.717, 1.165) is 28.1 Å². The highest BCUT2D eigenvalue weighted by molar-refractivity contribution is 9.10. The van der Waals surface area contributed by atoms with E-state index < -0.39 is 0 Å². The standard InChI is InChI=1S/C13H15BrN2S/c1-9-12(7-8-15-2)17-13(16-9)10-3-5-11(14)6-4-10/h3-6,15H,7-8H2,1-2H3. The molecular weight excluding hydrogens is 296 g/mol. The molecule has 0 fully saturated rings. The van der Waals surface area contributed by atoms with Crippen LogP contribution in [-0.4, -0.2) is 18.6 Å². The Morgan fingerprint density at radius 3 is 2.65 bits per heavy atom. The number of benzene rings is 1. The van der Waals surface area contributed by atoms with Crippen molar-refractivity contribution < 1.29 is 0 Å². The van der Waals surface area contributed by atoms with Crippen LogP contribution in [0.4, 0.5) is 0 Å². The maximum atomic E-state index is 4.64. The van der Waals surface area contributed by atoms with Gasteiger partial charge >= 0.3 is 0 Å². The monoisotopic (exact) mass is 310 g/mol. The lowest BCUT2D eigenvalue weighted by atomic mass is 10.2. The summed E-state index contributed by atoms with van der Waals surface area (Å²) in [7, 11) is 1.98. The van der Waals surface area contributed by atoms with Gasteiger partial charge < -0.3 is 5.32 Å². The van der Waals surface area contributed by atoms with Crippen LogP contribution < -0.4 is 5.32 Å². The minimum absolute atomic E-state index is 1.00. The minimum Gasteiger partial charge on any atom is -0.319 e. The van der Waals surface area contributed by atoms with Gasteiger partial charge in [-0.1, -0.05) is 28.1 Å². The number of hydrogen-bond acceptors (Lipinski definition) is 3. The number of aromatic nitrogens is 1. The molecule has 0 aliphatic carbocycles. The Morgan fingerprint density at radius 1 is 1.29 bits per heavy atom. The predicted octanol–water partition coefficient (Wildman–Crippen LogP) is 3.64. The van der Waals surface area contributed by atoms with Crippen LogP contribution in [0.2, 0.25) is 0 Å². The van der Waals surface area contributed by atoms with Gasteiger partial charge in [0.1, 0.15) is 5.01 Å². The number of aryl methyl sites for hydroxylation is 1. The Balaban J connectivity index is 2.24. The molecule has 0 saturated heterocycles. The van der Waals surface area contributed by atoms with Crippen molar-refractivity contribution in [2.24, 2.45) is 0 Å². The molecule has 0 aliphatic rings. The Morgan fingerprint density at radius 2 is 2.00 bits per heavy atom.